The molecule has 0 bridgehead atoms. The van der Waals surface area contributed by atoms with Crippen LogP contribution in [0.25, 0.3) is 11.5 Å². The Bertz CT molecular complexity index is 614. The van der Waals surface area contributed by atoms with E-state index in [1.165, 1.54) is 6.07 Å². The molecule has 1 saturated heterocycles. The van der Waals surface area contributed by atoms with Crippen molar-refractivity contribution in [3.05, 3.63) is 36.0 Å². The molecule has 1 amide bonds. The maximum atomic E-state index is 13.7. The number of hydrogen-bond donors (Lipinski definition) is 0. The third-order valence-electron chi connectivity index (χ3n) is 3.50. The molecule has 20 heavy (non-hydrogen) atoms. The standard InChI is InChI=1S/C14H14FN3O2/c15-12-6-2-1-5-11(12)14-17-16-13(20-14)10-4-3-7-18(8-10)9-19/h1-2,5-6,9-10H,3-4,7-8H2/t10-/m1/s1. The van der Waals surface area contributed by atoms with E-state index in [0.29, 0.717) is 18.0 Å². The van der Waals surface area contributed by atoms with Crippen molar-refractivity contribution in [3.63, 3.8) is 0 Å². The topological polar surface area (TPSA) is 59.2 Å². The average molecular weight is 275 g/mol. The van der Waals surface area contributed by atoms with Crippen LogP contribution in [-0.2, 0) is 4.79 Å². The number of carbonyl (C=O) groups is 1. The number of benzene rings is 1. The summed E-state index contributed by atoms with van der Waals surface area (Å²) in [5.74, 6) is 0.291. The number of amides is 1. The van der Waals surface area contributed by atoms with E-state index in [-0.39, 0.29) is 17.6 Å². The van der Waals surface area contributed by atoms with Crippen molar-refractivity contribution in [2.24, 2.45) is 0 Å². The van der Waals surface area contributed by atoms with Gasteiger partial charge in [-0.25, -0.2) is 4.39 Å². The Morgan fingerprint density at radius 1 is 1.35 bits per heavy atom. The number of aromatic nitrogens is 2. The molecule has 0 spiro atoms. The molecule has 104 valence electrons. The van der Waals surface area contributed by atoms with Crippen LogP contribution in [0, 0.1) is 5.82 Å². The minimum absolute atomic E-state index is 0.0296. The highest BCUT2D eigenvalue weighted by atomic mass is 19.1. The molecule has 0 unspecified atom stereocenters. The second-order valence-electron chi connectivity index (χ2n) is 4.86. The van der Waals surface area contributed by atoms with Crippen molar-refractivity contribution >= 4 is 6.41 Å². The van der Waals surface area contributed by atoms with E-state index in [1.807, 2.05) is 0 Å². The van der Waals surface area contributed by atoms with Crippen LogP contribution >= 0.6 is 0 Å². The minimum atomic E-state index is -0.388. The zero-order chi connectivity index (χ0) is 13.9. The van der Waals surface area contributed by atoms with Gasteiger partial charge >= 0.3 is 0 Å². The Morgan fingerprint density at radius 2 is 2.20 bits per heavy atom. The van der Waals surface area contributed by atoms with Crippen molar-refractivity contribution in [1.29, 1.82) is 0 Å². The summed E-state index contributed by atoms with van der Waals surface area (Å²) in [6, 6.07) is 6.29. The molecule has 1 aliphatic heterocycles. The lowest BCUT2D eigenvalue weighted by molar-refractivity contribution is -0.119. The quantitative estimate of drug-likeness (QED) is 0.806. The molecule has 6 heteroatoms. The van der Waals surface area contributed by atoms with Gasteiger partial charge in [-0.2, -0.15) is 0 Å². The van der Waals surface area contributed by atoms with E-state index in [2.05, 4.69) is 10.2 Å². The molecule has 5 nitrogen and oxygen atoms in total. The number of halogens is 1. The molecule has 1 fully saturated rings. The number of rotatable bonds is 3. The Kier molecular flexibility index (Phi) is 3.45. The van der Waals surface area contributed by atoms with Crippen LogP contribution in [0.2, 0.25) is 0 Å². The van der Waals surface area contributed by atoms with Crippen molar-refractivity contribution in [3.8, 4) is 11.5 Å². The Hall–Kier alpha value is -2.24. The van der Waals surface area contributed by atoms with Gasteiger partial charge in [0, 0.05) is 13.1 Å². The lowest BCUT2D eigenvalue weighted by Crippen LogP contribution is -2.33. The van der Waals surface area contributed by atoms with Crippen LogP contribution in [0.4, 0.5) is 4.39 Å². The fourth-order valence-corrected chi connectivity index (χ4v) is 2.45. The SMILES string of the molecule is O=CN1CCC[C@@H](c2nnc(-c3ccccc3F)o2)C1. The zero-order valence-electron chi connectivity index (χ0n) is 10.8. The monoisotopic (exact) mass is 275 g/mol. The van der Waals surface area contributed by atoms with Gasteiger partial charge < -0.3 is 9.32 Å². The van der Waals surface area contributed by atoms with Gasteiger partial charge in [0.1, 0.15) is 5.82 Å². The Labute approximate surface area is 115 Å². The molecule has 0 N–H and O–H groups in total. The summed E-state index contributed by atoms with van der Waals surface area (Å²) in [7, 11) is 0. The smallest absolute Gasteiger partial charge is 0.250 e. The van der Waals surface area contributed by atoms with Gasteiger partial charge in [0.15, 0.2) is 0 Å². The van der Waals surface area contributed by atoms with Crippen molar-refractivity contribution in [2.45, 2.75) is 18.8 Å². The van der Waals surface area contributed by atoms with Crippen LogP contribution in [0.15, 0.2) is 28.7 Å². The lowest BCUT2D eigenvalue weighted by atomic mass is 9.99. The van der Waals surface area contributed by atoms with Gasteiger partial charge in [-0.15, -0.1) is 10.2 Å². The summed E-state index contributed by atoms with van der Waals surface area (Å²) in [6.07, 6.45) is 2.63. The molecule has 0 aliphatic carbocycles. The normalized spacial score (nSPS) is 19.1. The number of carbonyl (C=O) groups excluding carboxylic acids is 1. The first kappa shape index (κ1) is 12.8. The highest BCUT2D eigenvalue weighted by molar-refractivity contribution is 5.53. The molecule has 1 atom stereocenters. The zero-order valence-corrected chi connectivity index (χ0v) is 10.8. The predicted octanol–water partition coefficient (Wildman–Crippen LogP) is 2.21. The molecule has 1 aromatic heterocycles. The van der Waals surface area contributed by atoms with Crippen LogP contribution in [0.5, 0.6) is 0 Å². The van der Waals surface area contributed by atoms with Crippen molar-refractivity contribution in [2.75, 3.05) is 13.1 Å². The van der Waals surface area contributed by atoms with Gasteiger partial charge in [0.05, 0.1) is 11.5 Å². The highest BCUT2D eigenvalue weighted by Gasteiger charge is 2.25. The van der Waals surface area contributed by atoms with Crippen molar-refractivity contribution in [1.82, 2.24) is 15.1 Å². The number of likely N-dealkylation sites (tertiary alicyclic amines) is 1. The Balaban J connectivity index is 1.83. The van der Waals surface area contributed by atoms with Gasteiger partial charge in [0.2, 0.25) is 12.3 Å². The molecule has 1 aromatic carbocycles. The predicted molar refractivity (Wildman–Crippen MR) is 69.3 cm³/mol. The number of hydrogen-bond acceptors (Lipinski definition) is 4. The molecule has 2 aromatic rings. The van der Waals surface area contributed by atoms with Gasteiger partial charge in [-0.1, -0.05) is 12.1 Å². The van der Waals surface area contributed by atoms with E-state index in [4.69, 9.17) is 4.42 Å². The van der Waals surface area contributed by atoms with Crippen LogP contribution in [0.3, 0.4) is 0 Å². The third-order valence-corrected chi connectivity index (χ3v) is 3.50. The fourth-order valence-electron chi connectivity index (χ4n) is 2.45. The summed E-state index contributed by atoms with van der Waals surface area (Å²) in [5, 5.41) is 7.91. The molecule has 2 heterocycles. The van der Waals surface area contributed by atoms with E-state index in [1.54, 1.807) is 23.1 Å². The summed E-state index contributed by atoms with van der Waals surface area (Å²) in [5.41, 5.74) is 0.300. The first-order valence-corrected chi connectivity index (χ1v) is 6.55. The van der Waals surface area contributed by atoms with E-state index >= 15 is 0 Å². The third kappa shape index (κ3) is 2.41. The minimum Gasteiger partial charge on any atom is -0.420 e. The maximum absolute atomic E-state index is 13.7. The first-order valence-electron chi connectivity index (χ1n) is 6.55. The summed E-state index contributed by atoms with van der Waals surface area (Å²) < 4.78 is 19.2. The fraction of sp³-hybridized carbons (Fsp3) is 0.357. The summed E-state index contributed by atoms with van der Waals surface area (Å²) >= 11 is 0. The number of piperidine rings is 1. The second-order valence-corrected chi connectivity index (χ2v) is 4.86. The highest BCUT2D eigenvalue weighted by Crippen LogP contribution is 2.28. The largest absolute Gasteiger partial charge is 0.420 e. The Morgan fingerprint density at radius 3 is 3.00 bits per heavy atom. The van der Waals surface area contributed by atoms with Crippen LogP contribution in [0.1, 0.15) is 24.7 Å². The van der Waals surface area contributed by atoms with Gasteiger partial charge in [-0.05, 0) is 25.0 Å². The molecule has 3 rings (SSSR count). The average Bonchev–Trinajstić information content (AvgIpc) is 2.97. The van der Waals surface area contributed by atoms with E-state index in [9.17, 15) is 9.18 Å². The molecular formula is C14H14FN3O2. The first-order chi connectivity index (χ1) is 9.78. The van der Waals surface area contributed by atoms with Crippen molar-refractivity contribution < 1.29 is 13.6 Å². The summed E-state index contributed by atoms with van der Waals surface area (Å²) in [4.78, 5) is 12.5. The summed E-state index contributed by atoms with van der Waals surface area (Å²) in [6.45, 7) is 1.33. The van der Waals surface area contributed by atoms with E-state index < -0.39 is 0 Å². The lowest BCUT2D eigenvalue weighted by Gasteiger charge is -2.27. The maximum Gasteiger partial charge on any atom is 0.250 e. The molecule has 0 radical (unpaired) electrons. The molecule has 0 saturated carbocycles. The van der Waals surface area contributed by atoms with E-state index in [0.717, 1.165) is 25.8 Å². The van der Waals surface area contributed by atoms with Gasteiger partial charge in [0.25, 0.3) is 5.89 Å². The molecular weight excluding hydrogens is 261 g/mol. The second kappa shape index (κ2) is 5.40. The van der Waals surface area contributed by atoms with Crippen LogP contribution < -0.4 is 0 Å². The number of nitrogens with zero attached hydrogens (tertiary/aromatic N) is 3. The van der Waals surface area contributed by atoms with Gasteiger partial charge in [-0.3, -0.25) is 4.79 Å². The van der Waals surface area contributed by atoms with Crippen LogP contribution in [-0.4, -0.2) is 34.6 Å². The molecule has 1 aliphatic rings.